The molecule has 0 saturated heterocycles. The van der Waals surface area contributed by atoms with Crippen LogP contribution < -0.4 is 4.89 Å². The first kappa shape index (κ1) is 13.3. The summed E-state index contributed by atoms with van der Waals surface area (Å²) >= 11 is -2.37. The van der Waals surface area contributed by atoms with Gasteiger partial charge in [-0.05, 0) is 19.1 Å². The minimum Gasteiger partial charge on any atom is -0.302 e. The average molecular weight is 265 g/mol. The Balaban J connectivity index is 3.17. The molecule has 16 heavy (non-hydrogen) atoms. The Hall–Kier alpha value is -0.800. The van der Waals surface area contributed by atoms with Gasteiger partial charge in [0.2, 0.25) is 0 Å². The number of hydrogen-bond donors (Lipinski definition) is 2. The Morgan fingerprint density at radius 1 is 1.44 bits per heavy atom. The van der Waals surface area contributed by atoms with E-state index < -0.39 is 21.1 Å². The average Bonchev–Trinajstić information content (AvgIpc) is 2.26. The van der Waals surface area contributed by atoms with Gasteiger partial charge in [0.25, 0.3) is 10.0 Å². The molecule has 90 valence electrons. The third kappa shape index (κ3) is 3.09. The van der Waals surface area contributed by atoms with Crippen LogP contribution in [0, 0.1) is 0 Å². The molecule has 0 aromatic heterocycles. The zero-order chi connectivity index (χ0) is 12.2. The van der Waals surface area contributed by atoms with Gasteiger partial charge < -0.3 is 4.55 Å². The van der Waals surface area contributed by atoms with Crippen molar-refractivity contribution in [3.05, 3.63) is 24.3 Å². The lowest BCUT2D eigenvalue weighted by Gasteiger charge is -2.08. The second-order valence-electron chi connectivity index (χ2n) is 2.72. The van der Waals surface area contributed by atoms with E-state index in [0.29, 0.717) is 0 Å². The molecule has 6 nitrogen and oxygen atoms in total. The fourth-order valence-electron chi connectivity index (χ4n) is 0.998. The highest BCUT2D eigenvalue weighted by Crippen LogP contribution is 2.17. The number of nitrogens with one attached hydrogen (secondary N) is 1. The Morgan fingerprint density at radius 2 is 2.06 bits per heavy atom. The van der Waals surface area contributed by atoms with E-state index in [1.807, 2.05) is 4.89 Å². The van der Waals surface area contributed by atoms with Crippen LogP contribution in [0.4, 0.5) is 0 Å². The van der Waals surface area contributed by atoms with Gasteiger partial charge in [-0.1, -0.05) is 17.0 Å². The van der Waals surface area contributed by atoms with Gasteiger partial charge in [-0.25, -0.2) is 12.6 Å². The minimum absolute atomic E-state index is 0.156. The molecule has 0 bridgehead atoms. The van der Waals surface area contributed by atoms with Gasteiger partial charge >= 0.3 is 0 Å². The summed E-state index contributed by atoms with van der Waals surface area (Å²) in [5.41, 5.74) is 0. The van der Waals surface area contributed by atoms with Gasteiger partial charge in [0.05, 0.1) is 11.5 Å². The molecule has 0 aliphatic heterocycles. The second kappa shape index (κ2) is 5.51. The molecule has 0 saturated carbocycles. The topological polar surface area (TPSA) is 92.7 Å². The van der Waals surface area contributed by atoms with Crippen molar-refractivity contribution in [3.63, 3.8) is 0 Å². The van der Waals surface area contributed by atoms with Crippen LogP contribution in [-0.2, 0) is 25.9 Å². The summed E-state index contributed by atoms with van der Waals surface area (Å²) in [6, 6.07) is 5.42. The predicted molar refractivity (Wildman–Crippen MR) is 57.4 cm³/mol. The van der Waals surface area contributed by atoms with Crippen LogP contribution in [0.15, 0.2) is 34.1 Å². The normalized spacial score (nSPS) is 13.6. The number of benzene rings is 1. The largest absolute Gasteiger partial charge is 0.302 e. The second-order valence-corrected chi connectivity index (χ2v) is 5.27. The lowest BCUT2D eigenvalue weighted by molar-refractivity contribution is 0.105. The summed E-state index contributed by atoms with van der Waals surface area (Å²) in [5.74, 6) is 0. The van der Waals surface area contributed by atoms with Gasteiger partial charge in [0, 0.05) is 0 Å². The van der Waals surface area contributed by atoms with E-state index in [4.69, 9.17) is 4.55 Å². The summed E-state index contributed by atoms with van der Waals surface area (Å²) in [6.07, 6.45) is 0. The fraction of sp³-hybridized carbons (Fsp3) is 0.250. The van der Waals surface area contributed by atoms with Gasteiger partial charge in [0.1, 0.15) is 4.90 Å². The summed E-state index contributed by atoms with van der Waals surface area (Å²) in [7, 11) is -3.92. The van der Waals surface area contributed by atoms with Crippen molar-refractivity contribution in [2.24, 2.45) is 0 Å². The van der Waals surface area contributed by atoms with Crippen molar-refractivity contribution < 1.29 is 22.0 Å². The third-order valence-corrected chi connectivity index (χ3v) is 3.77. The van der Waals surface area contributed by atoms with E-state index in [9.17, 15) is 12.6 Å². The summed E-state index contributed by atoms with van der Waals surface area (Å²) in [4.78, 5) is 5.96. The number of hydrogen-bond acceptors (Lipinski definition) is 4. The molecule has 0 aliphatic carbocycles. The van der Waals surface area contributed by atoms with Crippen LogP contribution in [0.2, 0.25) is 0 Å². The summed E-state index contributed by atoms with van der Waals surface area (Å²) < 4.78 is 43.1. The van der Waals surface area contributed by atoms with Crippen LogP contribution in [0.3, 0.4) is 0 Å². The third-order valence-electron chi connectivity index (χ3n) is 1.64. The first-order valence-corrected chi connectivity index (χ1v) is 6.91. The van der Waals surface area contributed by atoms with Crippen LogP contribution in [0.1, 0.15) is 6.92 Å². The molecule has 1 aromatic rings. The molecule has 1 aromatic carbocycles. The Kier molecular flexibility index (Phi) is 4.56. The molecule has 2 N–H and O–H groups in total. The molecule has 0 fully saturated rings. The van der Waals surface area contributed by atoms with E-state index in [2.05, 4.69) is 4.84 Å². The number of rotatable bonds is 5. The molecule has 8 heteroatoms. The fourth-order valence-corrected chi connectivity index (χ4v) is 2.93. The van der Waals surface area contributed by atoms with Crippen molar-refractivity contribution in [2.45, 2.75) is 16.7 Å². The lowest BCUT2D eigenvalue weighted by Crippen LogP contribution is -2.25. The maximum atomic E-state index is 11.6. The van der Waals surface area contributed by atoms with Crippen molar-refractivity contribution >= 4 is 21.1 Å². The maximum Gasteiger partial charge on any atom is 0.263 e. The van der Waals surface area contributed by atoms with E-state index in [0.717, 1.165) is 0 Å². The van der Waals surface area contributed by atoms with Gasteiger partial charge in [-0.15, -0.1) is 0 Å². The highest BCUT2D eigenvalue weighted by molar-refractivity contribution is 7.90. The Labute approximate surface area is 95.9 Å². The molecular weight excluding hydrogens is 254 g/mol. The van der Waals surface area contributed by atoms with E-state index >= 15 is 0 Å². The first-order valence-electron chi connectivity index (χ1n) is 4.32. The summed E-state index contributed by atoms with van der Waals surface area (Å²) in [6.45, 7) is 1.77. The molecular formula is C8H11NO5S2. The molecule has 0 heterocycles. The van der Waals surface area contributed by atoms with Crippen molar-refractivity contribution in [1.82, 2.24) is 4.89 Å². The minimum atomic E-state index is -3.92. The highest BCUT2D eigenvalue weighted by atomic mass is 32.2. The Morgan fingerprint density at radius 3 is 2.62 bits per heavy atom. The standard InChI is InChI=1S/C8H11NO5S2/c1-2-14-9-16(12,13)8-6-4-3-5-7(8)15(10)11/h3-6,9H,2H2,1H3,(H,10,11). The van der Waals surface area contributed by atoms with E-state index in [1.54, 1.807) is 6.92 Å². The van der Waals surface area contributed by atoms with Gasteiger partial charge in [0.15, 0.2) is 11.1 Å². The number of sulfonamides is 1. The van der Waals surface area contributed by atoms with Gasteiger partial charge in [-0.2, -0.15) is 0 Å². The highest BCUT2D eigenvalue weighted by Gasteiger charge is 2.20. The smallest absolute Gasteiger partial charge is 0.263 e. The zero-order valence-electron chi connectivity index (χ0n) is 8.41. The van der Waals surface area contributed by atoms with Crippen molar-refractivity contribution in [1.29, 1.82) is 0 Å². The van der Waals surface area contributed by atoms with Crippen LogP contribution in [0.25, 0.3) is 0 Å². The molecule has 1 unspecified atom stereocenters. The quantitative estimate of drug-likeness (QED) is 0.597. The van der Waals surface area contributed by atoms with Crippen molar-refractivity contribution in [2.75, 3.05) is 6.61 Å². The zero-order valence-corrected chi connectivity index (χ0v) is 10.0. The monoisotopic (exact) mass is 265 g/mol. The van der Waals surface area contributed by atoms with Crippen LogP contribution >= 0.6 is 0 Å². The molecule has 1 rings (SSSR count). The molecule has 0 amide bonds. The van der Waals surface area contributed by atoms with E-state index in [-0.39, 0.29) is 16.4 Å². The Bertz CT molecular complexity index is 485. The maximum absolute atomic E-state index is 11.6. The van der Waals surface area contributed by atoms with Gasteiger partial charge in [-0.3, -0.25) is 4.84 Å². The predicted octanol–water partition coefficient (Wildman–Crippen LogP) is 0.497. The van der Waals surface area contributed by atoms with Crippen LogP contribution in [0.5, 0.6) is 0 Å². The molecule has 1 atom stereocenters. The lowest BCUT2D eigenvalue weighted by atomic mass is 10.4. The molecule has 0 aliphatic rings. The van der Waals surface area contributed by atoms with Crippen molar-refractivity contribution in [3.8, 4) is 0 Å². The molecule has 0 radical (unpaired) electrons. The summed E-state index contributed by atoms with van der Waals surface area (Å²) in [5, 5.41) is 0. The van der Waals surface area contributed by atoms with Crippen LogP contribution in [-0.4, -0.2) is 23.8 Å². The molecule has 0 spiro atoms. The van der Waals surface area contributed by atoms with E-state index in [1.165, 1.54) is 24.3 Å². The first-order chi connectivity index (χ1) is 7.49. The SMILES string of the molecule is CCONS(=O)(=O)c1ccccc1S(=O)O.